The molecule has 1 aliphatic rings. The number of nitrogen functional groups attached to an aromatic ring is 1. The molecule has 3 aromatic heterocycles. The van der Waals surface area contributed by atoms with Crippen molar-refractivity contribution in [2.45, 2.75) is 38.1 Å². The highest BCUT2D eigenvalue weighted by Crippen LogP contribution is 2.36. The first kappa shape index (κ1) is 22.9. The van der Waals surface area contributed by atoms with E-state index in [0.29, 0.717) is 29.7 Å². The van der Waals surface area contributed by atoms with Crippen molar-refractivity contribution in [3.8, 4) is 17.1 Å². The smallest absolute Gasteiger partial charge is 0.251 e. The van der Waals surface area contributed by atoms with E-state index < -0.39 is 0 Å². The maximum atomic E-state index is 12.4. The molecule has 0 radical (unpaired) electrons. The fraction of sp³-hybridized carbons (Fsp3) is 0.200. The van der Waals surface area contributed by atoms with Crippen molar-refractivity contribution in [3.63, 3.8) is 0 Å². The number of amides is 1. The van der Waals surface area contributed by atoms with Gasteiger partial charge in [0.05, 0.1) is 5.56 Å². The summed E-state index contributed by atoms with van der Waals surface area (Å²) in [6.07, 6.45) is 8.64. The van der Waals surface area contributed by atoms with Gasteiger partial charge in [-0.2, -0.15) is 0 Å². The Balaban J connectivity index is 1.34. The average molecular weight is 489 g/mol. The summed E-state index contributed by atoms with van der Waals surface area (Å²) in [4.78, 5) is 26.6. The number of fused-ring (bicyclic) bond motifs is 1. The van der Waals surface area contributed by atoms with Gasteiger partial charge in [0.1, 0.15) is 11.3 Å². The van der Waals surface area contributed by atoms with Crippen LogP contribution in [0.3, 0.4) is 0 Å². The van der Waals surface area contributed by atoms with Crippen molar-refractivity contribution >= 4 is 22.9 Å². The predicted octanol–water partition coefficient (Wildman–Crippen LogP) is 5.65. The molecule has 3 N–H and O–H groups in total. The number of nitrogens with two attached hydrogens (primary N) is 1. The number of imidazole rings is 1. The van der Waals surface area contributed by atoms with Crippen LogP contribution in [-0.4, -0.2) is 25.4 Å². The largest absolute Gasteiger partial charge is 0.383 e. The highest BCUT2D eigenvalue weighted by Gasteiger charge is 2.22. The molecule has 1 amide bonds. The van der Waals surface area contributed by atoms with Gasteiger partial charge in [-0.1, -0.05) is 43.2 Å². The van der Waals surface area contributed by atoms with Crippen molar-refractivity contribution in [2.75, 3.05) is 5.73 Å². The summed E-state index contributed by atoms with van der Waals surface area (Å²) in [5.41, 5.74) is 12.5. The number of anilines is 1. The van der Waals surface area contributed by atoms with Gasteiger partial charge in [0, 0.05) is 30.2 Å². The van der Waals surface area contributed by atoms with Gasteiger partial charge >= 0.3 is 0 Å². The lowest BCUT2D eigenvalue weighted by Gasteiger charge is -2.12. The molecule has 0 unspecified atom stereocenters. The summed E-state index contributed by atoms with van der Waals surface area (Å²) in [5, 5.41) is 2.98. The first-order valence-electron chi connectivity index (χ1n) is 12.7. The summed E-state index contributed by atoms with van der Waals surface area (Å²) in [7, 11) is 0. The SMILES string of the molecule is Nc1ncccc1-c1nc2cc(C3CCCC3)cnc2n1-c1ccc(CNC(=O)c2ccccc2)cc1. The van der Waals surface area contributed by atoms with Crippen LogP contribution < -0.4 is 11.1 Å². The number of hydrogen-bond donors (Lipinski definition) is 2. The fourth-order valence-corrected chi connectivity index (χ4v) is 5.13. The second-order valence-electron chi connectivity index (χ2n) is 9.51. The van der Waals surface area contributed by atoms with E-state index in [1.165, 1.54) is 31.2 Å². The molecule has 1 aliphatic carbocycles. The highest BCUT2D eigenvalue weighted by molar-refractivity contribution is 5.94. The minimum atomic E-state index is -0.0955. The number of hydrogen-bond acceptors (Lipinski definition) is 5. The Hall–Kier alpha value is -4.52. The van der Waals surface area contributed by atoms with Crippen LogP contribution in [0.25, 0.3) is 28.2 Å². The summed E-state index contributed by atoms with van der Waals surface area (Å²) in [6.45, 7) is 0.435. The van der Waals surface area contributed by atoms with Crippen LogP contribution in [0.15, 0.2) is 85.2 Å². The third kappa shape index (κ3) is 4.56. The molecule has 6 rings (SSSR count). The number of carbonyl (C=O) groups is 1. The van der Waals surface area contributed by atoms with Crippen molar-refractivity contribution in [1.82, 2.24) is 24.8 Å². The summed E-state index contributed by atoms with van der Waals surface area (Å²) in [5.74, 6) is 1.60. The van der Waals surface area contributed by atoms with E-state index in [9.17, 15) is 4.79 Å². The van der Waals surface area contributed by atoms with Gasteiger partial charge in [0.25, 0.3) is 5.91 Å². The molecule has 0 aliphatic heterocycles. The van der Waals surface area contributed by atoms with Crippen LogP contribution in [0.4, 0.5) is 5.82 Å². The van der Waals surface area contributed by atoms with E-state index in [1.807, 2.05) is 65.4 Å². The topological polar surface area (TPSA) is 98.7 Å². The zero-order valence-electron chi connectivity index (χ0n) is 20.5. The molecule has 7 heteroatoms. The number of rotatable bonds is 6. The monoisotopic (exact) mass is 488 g/mol. The minimum absolute atomic E-state index is 0.0955. The van der Waals surface area contributed by atoms with E-state index in [4.69, 9.17) is 15.7 Å². The number of pyridine rings is 2. The maximum absolute atomic E-state index is 12.4. The molecule has 37 heavy (non-hydrogen) atoms. The van der Waals surface area contributed by atoms with Gasteiger partial charge in [-0.25, -0.2) is 15.0 Å². The van der Waals surface area contributed by atoms with Crippen molar-refractivity contribution in [2.24, 2.45) is 0 Å². The van der Waals surface area contributed by atoms with Crippen LogP contribution in [0.2, 0.25) is 0 Å². The van der Waals surface area contributed by atoms with Gasteiger partial charge in [-0.15, -0.1) is 0 Å². The normalized spacial score (nSPS) is 13.7. The summed E-state index contributed by atoms with van der Waals surface area (Å²) in [6, 6.07) is 23.3. The minimum Gasteiger partial charge on any atom is -0.383 e. The average Bonchev–Trinajstić information content (AvgIpc) is 3.61. The first-order chi connectivity index (χ1) is 18.2. The molecular formula is C30H28N6O. The molecule has 5 aromatic rings. The quantitative estimate of drug-likeness (QED) is 0.322. The molecule has 0 atom stereocenters. The van der Waals surface area contributed by atoms with Crippen molar-refractivity contribution < 1.29 is 4.79 Å². The fourth-order valence-electron chi connectivity index (χ4n) is 5.13. The Bertz CT molecular complexity index is 1550. The molecule has 3 heterocycles. The van der Waals surface area contributed by atoms with E-state index in [-0.39, 0.29) is 5.91 Å². The zero-order chi connectivity index (χ0) is 25.2. The van der Waals surface area contributed by atoms with Crippen LogP contribution in [0.1, 0.15) is 53.1 Å². The molecule has 2 aromatic carbocycles. The van der Waals surface area contributed by atoms with Crippen molar-refractivity contribution in [3.05, 3.63) is 102 Å². The van der Waals surface area contributed by atoms with E-state index in [1.54, 1.807) is 18.3 Å². The summed E-state index contributed by atoms with van der Waals surface area (Å²) < 4.78 is 2.04. The van der Waals surface area contributed by atoms with Crippen LogP contribution >= 0.6 is 0 Å². The Labute approximate surface area is 215 Å². The van der Waals surface area contributed by atoms with E-state index in [2.05, 4.69) is 16.4 Å². The van der Waals surface area contributed by atoms with Gasteiger partial charge in [-0.05, 0) is 72.4 Å². The molecule has 0 spiro atoms. The number of aromatic nitrogens is 4. The highest BCUT2D eigenvalue weighted by atomic mass is 16.1. The second kappa shape index (κ2) is 9.85. The zero-order valence-corrected chi connectivity index (χ0v) is 20.5. The molecule has 0 saturated heterocycles. The van der Waals surface area contributed by atoms with E-state index >= 15 is 0 Å². The standard InChI is InChI=1S/C30H28N6O/c31-27-25(11-6-16-32-27)28-35-26-17-23(21-7-4-5-8-21)19-33-29(26)36(28)24-14-12-20(13-15-24)18-34-30(37)22-9-2-1-3-10-22/h1-3,6,9-17,19,21H,4-5,7-8,18H2,(H2,31,32)(H,34,37). The van der Waals surface area contributed by atoms with Crippen molar-refractivity contribution in [1.29, 1.82) is 0 Å². The second-order valence-corrected chi connectivity index (χ2v) is 9.51. The third-order valence-electron chi connectivity index (χ3n) is 7.11. The maximum Gasteiger partial charge on any atom is 0.251 e. The molecule has 184 valence electrons. The van der Waals surface area contributed by atoms with Crippen LogP contribution in [-0.2, 0) is 6.54 Å². The van der Waals surface area contributed by atoms with E-state index in [0.717, 1.165) is 28.0 Å². The number of carbonyl (C=O) groups excluding carboxylic acids is 1. The Morgan fingerprint density at radius 1 is 0.973 bits per heavy atom. The summed E-state index contributed by atoms with van der Waals surface area (Å²) >= 11 is 0. The number of nitrogens with zero attached hydrogens (tertiary/aromatic N) is 4. The lowest BCUT2D eigenvalue weighted by Crippen LogP contribution is -2.22. The predicted molar refractivity (Wildman–Crippen MR) is 145 cm³/mol. The number of benzene rings is 2. The Kier molecular flexibility index (Phi) is 6.10. The first-order valence-corrected chi connectivity index (χ1v) is 12.7. The van der Waals surface area contributed by atoms with Crippen LogP contribution in [0.5, 0.6) is 0 Å². The Morgan fingerprint density at radius 3 is 2.51 bits per heavy atom. The van der Waals surface area contributed by atoms with Gasteiger partial charge in [0.2, 0.25) is 0 Å². The Morgan fingerprint density at radius 2 is 1.76 bits per heavy atom. The molecule has 7 nitrogen and oxygen atoms in total. The molecule has 1 saturated carbocycles. The molecule has 0 bridgehead atoms. The third-order valence-corrected chi connectivity index (χ3v) is 7.11. The van der Waals surface area contributed by atoms with Crippen LogP contribution in [0, 0.1) is 0 Å². The lowest BCUT2D eigenvalue weighted by molar-refractivity contribution is 0.0951. The number of nitrogens with one attached hydrogen (secondary N) is 1. The molecule has 1 fully saturated rings. The lowest BCUT2D eigenvalue weighted by atomic mass is 9.99. The van der Waals surface area contributed by atoms with Gasteiger partial charge in [0.15, 0.2) is 11.5 Å². The van der Waals surface area contributed by atoms with Gasteiger partial charge in [-0.3, -0.25) is 9.36 Å². The molecular weight excluding hydrogens is 460 g/mol. The van der Waals surface area contributed by atoms with Gasteiger partial charge < -0.3 is 11.1 Å².